The fourth-order valence-electron chi connectivity index (χ4n) is 3.03. The summed E-state index contributed by atoms with van der Waals surface area (Å²) in [6.45, 7) is 6.46. The molecule has 0 aromatic carbocycles. The van der Waals surface area contributed by atoms with Gasteiger partial charge in [0.05, 0.1) is 12.8 Å². The molecule has 1 saturated carbocycles. The quantitative estimate of drug-likeness (QED) is 0.846. The first-order valence-electron chi connectivity index (χ1n) is 8.57. The maximum Gasteiger partial charge on any atom is 0.243 e. The van der Waals surface area contributed by atoms with Gasteiger partial charge in [-0.2, -0.15) is 0 Å². The SMILES string of the molecule is CC1CCC(C(=O)N[C@@H](C(=O)NCc2ccco2)C(C)C)CC1. The summed E-state index contributed by atoms with van der Waals surface area (Å²) < 4.78 is 5.21. The van der Waals surface area contributed by atoms with Gasteiger partial charge in [0.15, 0.2) is 0 Å². The van der Waals surface area contributed by atoms with Crippen molar-refractivity contribution >= 4 is 11.8 Å². The van der Waals surface area contributed by atoms with E-state index in [1.807, 2.05) is 19.9 Å². The largest absolute Gasteiger partial charge is 0.467 e. The molecule has 1 fully saturated rings. The zero-order valence-electron chi connectivity index (χ0n) is 14.3. The lowest BCUT2D eigenvalue weighted by molar-refractivity contribution is -0.133. The van der Waals surface area contributed by atoms with Gasteiger partial charge in [0.2, 0.25) is 11.8 Å². The predicted molar refractivity (Wildman–Crippen MR) is 88.4 cm³/mol. The summed E-state index contributed by atoms with van der Waals surface area (Å²) in [5.41, 5.74) is 0. The lowest BCUT2D eigenvalue weighted by atomic mass is 9.82. The summed E-state index contributed by atoms with van der Waals surface area (Å²) in [6.07, 6.45) is 5.61. The van der Waals surface area contributed by atoms with Gasteiger partial charge in [0.25, 0.3) is 0 Å². The van der Waals surface area contributed by atoms with Gasteiger partial charge in [-0.1, -0.05) is 20.8 Å². The summed E-state index contributed by atoms with van der Waals surface area (Å²) in [5.74, 6) is 1.35. The molecule has 2 amide bonds. The molecule has 1 aliphatic carbocycles. The first-order valence-corrected chi connectivity index (χ1v) is 8.57. The van der Waals surface area contributed by atoms with Gasteiger partial charge in [-0.15, -0.1) is 0 Å². The lowest BCUT2D eigenvalue weighted by Crippen LogP contribution is -2.51. The minimum absolute atomic E-state index is 0.0174. The van der Waals surface area contributed by atoms with Crippen molar-refractivity contribution in [2.75, 3.05) is 0 Å². The topological polar surface area (TPSA) is 71.3 Å². The number of carbonyl (C=O) groups excluding carboxylic acids is 2. The number of hydrogen-bond acceptors (Lipinski definition) is 3. The highest BCUT2D eigenvalue weighted by Gasteiger charge is 2.29. The van der Waals surface area contributed by atoms with E-state index >= 15 is 0 Å². The molecule has 1 heterocycles. The molecule has 1 aromatic heterocycles. The van der Waals surface area contributed by atoms with Crippen molar-refractivity contribution in [2.45, 2.75) is 59.0 Å². The van der Waals surface area contributed by atoms with Crippen molar-refractivity contribution in [3.05, 3.63) is 24.2 Å². The highest BCUT2D eigenvalue weighted by Crippen LogP contribution is 2.28. The van der Waals surface area contributed by atoms with E-state index in [2.05, 4.69) is 17.6 Å². The van der Waals surface area contributed by atoms with Crippen LogP contribution in [0, 0.1) is 17.8 Å². The van der Waals surface area contributed by atoms with E-state index in [4.69, 9.17) is 4.42 Å². The summed E-state index contributed by atoms with van der Waals surface area (Å²) in [4.78, 5) is 24.8. The van der Waals surface area contributed by atoms with Crippen LogP contribution < -0.4 is 10.6 Å². The molecule has 128 valence electrons. The normalized spacial score (nSPS) is 22.6. The van der Waals surface area contributed by atoms with E-state index in [0.717, 1.165) is 25.7 Å². The summed E-state index contributed by atoms with van der Waals surface area (Å²) in [6, 6.07) is 3.09. The van der Waals surface area contributed by atoms with Gasteiger partial charge >= 0.3 is 0 Å². The van der Waals surface area contributed by atoms with E-state index < -0.39 is 6.04 Å². The second-order valence-electron chi connectivity index (χ2n) is 6.98. The van der Waals surface area contributed by atoms with Crippen LogP contribution in [0.25, 0.3) is 0 Å². The maximum absolute atomic E-state index is 12.4. The van der Waals surface area contributed by atoms with Crippen LogP contribution in [0.4, 0.5) is 0 Å². The maximum atomic E-state index is 12.4. The molecule has 5 nitrogen and oxygen atoms in total. The van der Waals surface area contributed by atoms with Crippen molar-refractivity contribution in [1.29, 1.82) is 0 Å². The van der Waals surface area contributed by atoms with Crippen LogP contribution in [0.3, 0.4) is 0 Å². The molecule has 1 aliphatic rings. The second kappa shape index (κ2) is 8.18. The van der Waals surface area contributed by atoms with Gasteiger partial charge < -0.3 is 15.1 Å². The van der Waals surface area contributed by atoms with Crippen LogP contribution in [-0.4, -0.2) is 17.9 Å². The minimum Gasteiger partial charge on any atom is -0.467 e. The molecule has 0 aliphatic heterocycles. The van der Waals surface area contributed by atoms with E-state index in [9.17, 15) is 9.59 Å². The zero-order chi connectivity index (χ0) is 16.8. The third kappa shape index (κ3) is 5.12. The third-order valence-electron chi connectivity index (χ3n) is 4.65. The molecule has 0 radical (unpaired) electrons. The van der Waals surface area contributed by atoms with Crippen LogP contribution >= 0.6 is 0 Å². The fraction of sp³-hybridized carbons (Fsp3) is 0.667. The molecule has 5 heteroatoms. The van der Waals surface area contributed by atoms with Crippen molar-refractivity contribution in [3.63, 3.8) is 0 Å². The average Bonchev–Trinajstić information content (AvgIpc) is 3.03. The zero-order valence-corrected chi connectivity index (χ0v) is 14.3. The Balaban J connectivity index is 1.87. The number of furan rings is 1. The van der Waals surface area contributed by atoms with Crippen LogP contribution in [0.2, 0.25) is 0 Å². The Kier molecular flexibility index (Phi) is 6.25. The molecule has 23 heavy (non-hydrogen) atoms. The van der Waals surface area contributed by atoms with Gasteiger partial charge in [-0.25, -0.2) is 0 Å². The molecule has 2 rings (SSSR count). The first kappa shape index (κ1) is 17.6. The molecule has 0 bridgehead atoms. The summed E-state index contributed by atoms with van der Waals surface area (Å²) >= 11 is 0. The first-order chi connectivity index (χ1) is 11.0. The number of nitrogens with one attached hydrogen (secondary N) is 2. The highest BCUT2D eigenvalue weighted by atomic mass is 16.3. The van der Waals surface area contributed by atoms with Crippen LogP contribution in [-0.2, 0) is 16.1 Å². The standard InChI is InChI=1S/C18H28N2O3/c1-12(2)16(18(22)19-11-15-5-4-10-23-15)20-17(21)14-8-6-13(3)7-9-14/h4-5,10,12-14,16H,6-9,11H2,1-3H3,(H,19,22)(H,20,21)/t13?,14?,16-/m1/s1. The molecule has 1 aromatic rings. The second-order valence-corrected chi connectivity index (χ2v) is 6.98. The van der Waals surface area contributed by atoms with Gasteiger partial charge in [-0.3, -0.25) is 9.59 Å². The molecule has 2 N–H and O–H groups in total. The third-order valence-corrected chi connectivity index (χ3v) is 4.65. The summed E-state index contributed by atoms with van der Waals surface area (Å²) in [7, 11) is 0. The number of carbonyl (C=O) groups is 2. The predicted octanol–water partition coefficient (Wildman–Crippen LogP) is 2.86. The summed E-state index contributed by atoms with van der Waals surface area (Å²) in [5, 5.41) is 5.78. The van der Waals surface area contributed by atoms with Gasteiger partial charge in [0, 0.05) is 5.92 Å². The lowest BCUT2D eigenvalue weighted by Gasteiger charge is -2.28. The number of amides is 2. The Bertz CT molecular complexity index is 502. The number of hydrogen-bond donors (Lipinski definition) is 2. The average molecular weight is 320 g/mol. The fourth-order valence-corrected chi connectivity index (χ4v) is 3.03. The monoisotopic (exact) mass is 320 g/mol. The van der Waals surface area contributed by atoms with E-state index in [1.165, 1.54) is 0 Å². The molecular weight excluding hydrogens is 292 g/mol. The van der Waals surface area contributed by atoms with Crippen LogP contribution in [0.1, 0.15) is 52.2 Å². The van der Waals surface area contributed by atoms with Crippen LogP contribution in [0.15, 0.2) is 22.8 Å². The van der Waals surface area contributed by atoms with Crippen molar-refractivity contribution in [3.8, 4) is 0 Å². The van der Waals surface area contributed by atoms with Gasteiger partial charge in [0.1, 0.15) is 11.8 Å². The van der Waals surface area contributed by atoms with E-state index in [-0.39, 0.29) is 23.7 Å². The Morgan fingerprint density at radius 2 is 1.96 bits per heavy atom. The Morgan fingerprint density at radius 1 is 1.26 bits per heavy atom. The van der Waals surface area contributed by atoms with Gasteiger partial charge in [-0.05, 0) is 49.7 Å². The minimum atomic E-state index is -0.503. The highest BCUT2D eigenvalue weighted by molar-refractivity contribution is 5.88. The van der Waals surface area contributed by atoms with E-state index in [0.29, 0.717) is 18.2 Å². The molecule has 1 atom stereocenters. The molecule has 0 unspecified atom stereocenters. The Labute approximate surface area is 138 Å². The Morgan fingerprint density at radius 3 is 2.52 bits per heavy atom. The smallest absolute Gasteiger partial charge is 0.243 e. The molecular formula is C18H28N2O3. The van der Waals surface area contributed by atoms with Crippen molar-refractivity contribution in [2.24, 2.45) is 17.8 Å². The van der Waals surface area contributed by atoms with Crippen molar-refractivity contribution in [1.82, 2.24) is 10.6 Å². The Hall–Kier alpha value is -1.78. The number of rotatable bonds is 6. The van der Waals surface area contributed by atoms with Crippen LogP contribution in [0.5, 0.6) is 0 Å². The molecule has 0 spiro atoms. The van der Waals surface area contributed by atoms with E-state index in [1.54, 1.807) is 12.3 Å². The molecule has 0 saturated heterocycles. The van der Waals surface area contributed by atoms with Crippen molar-refractivity contribution < 1.29 is 14.0 Å².